The third kappa shape index (κ3) is 5.20. The van der Waals surface area contributed by atoms with Crippen LogP contribution in [0.2, 0.25) is 0 Å². The zero-order valence-corrected chi connectivity index (χ0v) is 33.8. The molecule has 2 aromatic heterocycles. The van der Waals surface area contributed by atoms with Crippen LogP contribution in [0.4, 0.5) is 0 Å². The summed E-state index contributed by atoms with van der Waals surface area (Å²) in [6.45, 7) is 4.51. The van der Waals surface area contributed by atoms with E-state index in [9.17, 15) is 0 Å². The summed E-state index contributed by atoms with van der Waals surface area (Å²) in [5.74, 6) is 0. The molecule has 284 valence electrons. The van der Waals surface area contributed by atoms with Gasteiger partial charge in [0.05, 0.1) is 22.1 Å². The average Bonchev–Trinajstić information content (AvgIpc) is 3.82. The Balaban J connectivity index is 0.972. The number of para-hydroxylation sites is 3. The van der Waals surface area contributed by atoms with Gasteiger partial charge in [0.1, 0.15) is 0 Å². The van der Waals surface area contributed by atoms with Crippen LogP contribution < -0.4 is 0 Å². The summed E-state index contributed by atoms with van der Waals surface area (Å²) < 4.78 is 4.88. The second-order valence-corrected chi connectivity index (χ2v) is 16.4. The summed E-state index contributed by atoms with van der Waals surface area (Å²) in [4.78, 5) is 0. The standard InChI is InChI=1S/C58H42N2/c1-37-35-56(60-53-26-14-10-18-43(53)44-19-11-15-27-54(44)60)38(2)34-50(37)41-30-33-55-51(36-41)45-20-12-13-25-52(45)59(55)42-31-28-40(29-32-42)58-48-23-8-6-21-46(48)57(39-16-4-3-5-17-39)47-22-7-9-24-49(47)58/h3-6,8-21,23-36H,7,22H2,1-2H3. The molecule has 1 aliphatic rings. The summed E-state index contributed by atoms with van der Waals surface area (Å²) in [5.41, 5.74) is 20.3. The van der Waals surface area contributed by atoms with Gasteiger partial charge in [0.15, 0.2) is 0 Å². The molecule has 0 bridgehead atoms. The summed E-state index contributed by atoms with van der Waals surface area (Å²) in [5, 5.41) is 7.71. The molecule has 0 unspecified atom stereocenters. The third-order valence-electron chi connectivity index (χ3n) is 13.0. The molecule has 60 heavy (non-hydrogen) atoms. The van der Waals surface area contributed by atoms with Crippen molar-refractivity contribution in [2.75, 3.05) is 0 Å². The largest absolute Gasteiger partial charge is 0.309 e. The molecule has 0 amide bonds. The minimum Gasteiger partial charge on any atom is -0.309 e. The highest BCUT2D eigenvalue weighted by Gasteiger charge is 2.22. The maximum absolute atomic E-state index is 2.44. The van der Waals surface area contributed by atoms with Crippen molar-refractivity contribution in [1.29, 1.82) is 0 Å². The number of fused-ring (bicyclic) bond motifs is 8. The van der Waals surface area contributed by atoms with Gasteiger partial charge >= 0.3 is 0 Å². The average molecular weight is 767 g/mol. The lowest BCUT2D eigenvalue weighted by atomic mass is 9.80. The fourth-order valence-electron chi connectivity index (χ4n) is 10.4. The Hall–Kier alpha value is -7.42. The number of hydrogen-bond donors (Lipinski definition) is 0. The van der Waals surface area contributed by atoms with E-state index < -0.39 is 0 Å². The van der Waals surface area contributed by atoms with Crippen LogP contribution >= 0.6 is 0 Å². The summed E-state index contributed by atoms with van der Waals surface area (Å²) in [6.07, 6.45) is 6.82. The molecular weight excluding hydrogens is 725 g/mol. The van der Waals surface area contributed by atoms with Crippen LogP contribution in [-0.2, 0) is 6.42 Å². The number of benzene rings is 9. The lowest BCUT2D eigenvalue weighted by Gasteiger charge is -2.24. The Bertz CT molecular complexity index is 3490. The number of hydrogen-bond acceptors (Lipinski definition) is 0. The normalized spacial score (nSPS) is 12.6. The molecule has 2 heteroatoms. The summed E-state index contributed by atoms with van der Waals surface area (Å²) >= 11 is 0. The van der Waals surface area contributed by atoms with E-state index in [2.05, 4.69) is 217 Å². The van der Waals surface area contributed by atoms with Gasteiger partial charge in [-0.3, -0.25) is 0 Å². The van der Waals surface area contributed by atoms with Crippen LogP contribution in [0.25, 0.3) is 105 Å². The number of aromatic nitrogens is 2. The van der Waals surface area contributed by atoms with Crippen LogP contribution in [0.3, 0.4) is 0 Å². The van der Waals surface area contributed by atoms with Gasteiger partial charge in [-0.15, -0.1) is 0 Å². The zero-order chi connectivity index (χ0) is 39.9. The number of nitrogens with zero attached hydrogens (tertiary/aromatic N) is 2. The van der Waals surface area contributed by atoms with Gasteiger partial charge in [-0.05, 0) is 148 Å². The fourth-order valence-corrected chi connectivity index (χ4v) is 10.4. The second kappa shape index (κ2) is 13.6. The lowest BCUT2D eigenvalue weighted by molar-refractivity contribution is 0.991. The highest BCUT2D eigenvalue weighted by Crippen LogP contribution is 2.45. The minimum atomic E-state index is 1.04. The fraction of sp³-hybridized carbons (Fsp3) is 0.0690. The van der Waals surface area contributed by atoms with Crippen molar-refractivity contribution in [1.82, 2.24) is 9.13 Å². The van der Waals surface area contributed by atoms with Gasteiger partial charge in [0.25, 0.3) is 0 Å². The van der Waals surface area contributed by atoms with Crippen molar-refractivity contribution in [2.45, 2.75) is 26.7 Å². The predicted molar refractivity (Wildman–Crippen MR) is 256 cm³/mol. The molecule has 0 aliphatic heterocycles. The van der Waals surface area contributed by atoms with Crippen molar-refractivity contribution in [3.8, 4) is 44.8 Å². The first-order valence-electron chi connectivity index (χ1n) is 21.2. The Kier molecular flexibility index (Phi) is 7.83. The van der Waals surface area contributed by atoms with Crippen LogP contribution in [0, 0.1) is 13.8 Å². The molecule has 0 N–H and O–H groups in total. The first-order valence-corrected chi connectivity index (χ1v) is 21.2. The van der Waals surface area contributed by atoms with Crippen LogP contribution in [0.5, 0.6) is 0 Å². The topological polar surface area (TPSA) is 9.86 Å². The smallest absolute Gasteiger partial charge is 0.0541 e. The first-order chi connectivity index (χ1) is 29.6. The van der Waals surface area contributed by atoms with Crippen molar-refractivity contribution in [3.05, 3.63) is 210 Å². The SMILES string of the molecule is Cc1cc(-n2c3ccccc3c3ccccc32)c(C)cc1-c1ccc2c(c1)c1ccccc1n2-c1ccc(-c2c3c(c(-c4ccccc4)c4ccccc24)CCC=C3)cc1. The Labute approximate surface area is 349 Å². The van der Waals surface area contributed by atoms with Gasteiger partial charge in [-0.1, -0.05) is 140 Å². The van der Waals surface area contributed by atoms with E-state index in [1.54, 1.807) is 0 Å². The molecule has 2 nitrogen and oxygen atoms in total. The molecule has 2 heterocycles. The van der Waals surface area contributed by atoms with Gasteiger partial charge < -0.3 is 9.13 Å². The first kappa shape index (κ1) is 34.6. The van der Waals surface area contributed by atoms with Gasteiger partial charge in [-0.2, -0.15) is 0 Å². The van der Waals surface area contributed by atoms with Crippen molar-refractivity contribution < 1.29 is 0 Å². The second-order valence-electron chi connectivity index (χ2n) is 16.4. The monoisotopic (exact) mass is 766 g/mol. The third-order valence-corrected chi connectivity index (χ3v) is 13.0. The molecule has 0 radical (unpaired) electrons. The summed E-state index contributed by atoms with van der Waals surface area (Å²) in [6, 6.07) is 67.4. The number of allylic oxidation sites excluding steroid dienone is 1. The molecular formula is C58H42N2. The van der Waals surface area contributed by atoms with E-state index in [0.29, 0.717) is 0 Å². The van der Waals surface area contributed by atoms with Gasteiger partial charge in [-0.25, -0.2) is 0 Å². The molecule has 1 aliphatic carbocycles. The zero-order valence-electron chi connectivity index (χ0n) is 33.8. The van der Waals surface area contributed by atoms with E-state index in [1.807, 2.05) is 0 Å². The van der Waals surface area contributed by atoms with Crippen LogP contribution in [0.1, 0.15) is 28.7 Å². The Morgan fingerprint density at radius 3 is 1.62 bits per heavy atom. The quantitative estimate of drug-likeness (QED) is 0.165. The molecule has 0 saturated carbocycles. The van der Waals surface area contributed by atoms with E-state index >= 15 is 0 Å². The molecule has 9 aromatic carbocycles. The lowest BCUT2D eigenvalue weighted by Crippen LogP contribution is -2.02. The van der Waals surface area contributed by atoms with E-state index in [4.69, 9.17) is 0 Å². The van der Waals surface area contributed by atoms with Crippen LogP contribution in [-0.4, -0.2) is 9.13 Å². The number of aryl methyl sites for hydroxylation is 2. The van der Waals surface area contributed by atoms with Crippen molar-refractivity contribution in [2.24, 2.45) is 0 Å². The van der Waals surface area contributed by atoms with E-state index in [1.165, 1.54) is 116 Å². The highest BCUT2D eigenvalue weighted by atomic mass is 15.0. The van der Waals surface area contributed by atoms with E-state index in [-0.39, 0.29) is 0 Å². The molecule has 0 fully saturated rings. The molecule has 12 rings (SSSR count). The van der Waals surface area contributed by atoms with Gasteiger partial charge in [0.2, 0.25) is 0 Å². The van der Waals surface area contributed by atoms with Crippen LogP contribution in [0.15, 0.2) is 188 Å². The molecule has 0 spiro atoms. The molecule has 0 saturated heterocycles. The number of rotatable bonds is 5. The molecule has 0 atom stereocenters. The maximum Gasteiger partial charge on any atom is 0.0541 e. The molecule has 11 aromatic rings. The Morgan fingerprint density at radius 1 is 0.400 bits per heavy atom. The van der Waals surface area contributed by atoms with Crippen molar-refractivity contribution in [3.63, 3.8) is 0 Å². The Morgan fingerprint density at radius 2 is 0.933 bits per heavy atom. The maximum atomic E-state index is 2.44. The van der Waals surface area contributed by atoms with E-state index in [0.717, 1.165) is 18.5 Å². The minimum absolute atomic E-state index is 1.04. The van der Waals surface area contributed by atoms with Gasteiger partial charge in [0, 0.05) is 32.9 Å². The van der Waals surface area contributed by atoms with Crippen molar-refractivity contribution >= 4 is 60.5 Å². The predicted octanol–water partition coefficient (Wildman–Crippen LogP) is 15.6. The highest BCUT2D eigenvalue weighted by molar-refractivity contribution is 6.12. The summed E-state index contributed by atoms with van der Waals surface area (Å²) in [7, 11) is 0.